The predicted molar refractivity (Wildman–Crippen MR) is 94.2 cm³/mol. The van der Waals surface area contributed by atoms with Crippen molar-refractivity contribution in [1.82, 2.24) is 9.78 Å². The molecule has 1 atom stereocenters. The van der Waals surface area contributed by atoms with Crippen molar-refractivity contribution in [3.8, 4) is 5.75 Å². The molecule has 0 radical (unpaired) electrons. The molecule has 1 aromatic heterocycles. The second-order valence-corrected chi connectivity index (χ2v) is 7.75. The van der Waals surface area contributed by atoms with Gasteiger partial charge in [0.25, 0.3) is 10.0 Å². The van der Waals surface area contributed by atoms with Crippen LogP contribution in [0.1, 0.15) is 26.2 Å². The number of benzene rings is 1. The van der Waals surface area contributed by atoms with Gasteiger partial charge >= 0.3 is 0 Å². The lowest BCUT2D eigenvalue weighted by molar-refractivity contribution is 0.00401. The molecule has 1 unspecified atom stereocenters. The Morgan fingerprint density at radius 1 is 1.42 bits per heavy atom. The van der Waals surface area contributed by atoms with Gasteiger partial charge in [0, 0.05) is 12.8 Å². The smallest absolute Gasteiger partial charge is 0.262 e. The second kappa shape index (κ2) is 8.05. The van der Waals surface area contributed by atoms with Crippen molar-refractivity contribution in [3.05, 3.63) is 36.4 Å². The van der Waals surface area contributed by atoms with E-state index < -0.39 is 15.8 Å². The minimum Gasteiger partial charge on any atom is -0.491 e. The molecule has 1 fully saturated rings. The van der Waals surface area contributed by atoms with E-state index in [1.165, 1.54) is 18.3 Å². The Morgan fingerprint density at radius 2 is 2.27 bits per heavy atom. The zero-order valence-corrected chi connectivity index (χ0v) is 15.3. The van der Waals surface area contributed by atoms with Gasteiger partial charge in [-0.1, -0.05) is 0 Å². The Labute approximate surface area is 152 Å². The first kappa shape index (κ1) is 18.7. The molecule has 3 rings (SSSR count). The van der Waals surface area contributed by atoms with Crippen molar-refractivity contribution >= 4 is 15.7 Å². The molecular weight excluding hydrogens is 361 g/mol. The molecule has 0 bridgehead atoms. The predicted octanol–water partition coefficient (Wildman–Crippen LogP) is 2.79. The van der Waals surface area contributed by atoms with Gasteiger partial charge < -0.3 is 9.47 Å². The average Bonchev–Trinajstić information content (AvgIpc) is 3.04. The van der Waals surface area contributed by atoms with Crippen molar-refractivity contribution < 1.29 is 22.3 Å². The number of sulfonamides is 1. The standard InChI is InChI=1S/C17H22FN3O4S/c1-2-24-17-7-6-15(9-16(17)18)26(22,23)20-13-10-19-21(11-13)12-14-5-3-4-8-25-14/h6-7,9-11,14,20H,2-5,8,12H2,1H3. The summed E-state index contributed by atoms with van der Waals surface area (Å²) in [5.41, 5.74) is 0.315. The van der Waals surface area contributed by atoms with Gasteiger partial charge in [0.2, 0.25) is 0 Å². The second-order valence-electron chi connectivity index (χ2n) is 6.07. The van der Waals surface area contributed by atoms with Crippen LogP contribution >= 0.6 is 0 Å². The van der Waals surface area contributed by atoms with Gasteiger partial charge in [-0.3, -0.25) is 9.40 Å². The van der Waals surface area contributed by atoms with E-state index >= 15 is 0 Å². The number of rotatable bonds is 7. The van der Waals surface area contributed by atoms with E-state index in [0.717, 1.165) is 31.9 Å². The Balaban J connectivity index is 1.68. The van der Waals surface area contributed by atoms with Crippen molar-refractivity contribution in [2.45, 2.75) is 43.7 Å². The first-order valence-electron chi connectivity index (χ1n) is 8.57. The lowest BCUT2D eigenvalue weighted by atomic mass is 10.1. The fourth-order valence-corrected chi connectivity index (χ4v) is 3.85. The van der Waals surface area contributed by atoms with E-state index in [1.807, 2.05) is 0 Å². The van der Waals surface area contributed by atoms with E-state index in [1.54, 1.807) is 17.8 Å². The zero-order chi connectivity index (χ0) is 18.6. The average molecular weight is 383 g/mol. The molecule has 0 aliphatic carbocycles. The zero-order valence-electron chi connectivity index (χ0n) is 14.5. The summed E-state index contributed by atoms with van der Waals surface area (Å²) in [5, 5.41) is 4.16. The third kappa shape index (κ3) is 4.53. The summed E-state index contributed by atoms with van der Waals surface area (Å²) in [6.07, 6.45) is 6.26. The van der Waals surface area contributed by atoms with Gasteiger partial charge in [0.05, 0.1) is 36.0 Å². The third-order valence-electron chi connectivity index (χ3n) is 4.06. The first-order chi connectivity index (χ1) is 12.5. The minimum absolute atomic E-state index is 0.0201. The quantitative estimate of drug-likeness (QED) is 0.795. The summed E-state index contributed by atoms with van der Waals surface area (Å²) >= 11 is 0. The van der Waals surface area contributed by atoms with Crippen LogP contribution in [0.15, 0.2) is 35.5 Å². The SMILES string of the molecule is CCOc1ccc(S(=O)(=O)Nc2cnn(CC3CCCCO3)c2)cc1F. The van der Waals surface area contributed by atoms with Crippen LogP contribution in [-0.2, 0) is 21.3 Å². The summed E-state index contributed by atoms with van der Waals surface area (Å²) in [6, 6.07) is 3.54. The van der Waals surface area contributed by atoms with E-state index in [2.05, 4.69) is 9.82 Å². The van der Waals surface area contributed by atoms with Gasteiger partial charge in [0.15, 0.2) is 11.6 Å². The van der Waals surface area contributed by atoms with Crippen LogP contribution in [0.3, 0.4) is 0 Å². The van der Waals surface area contributed by atoms with Gasteiger partial charge in [-0.05, 0) is 44.4 Å². The summed E-state index contributed by atoms with van der Waals surface area (Å²) in [6.45, 7) is 3.33. The molecule has 2 aromatic rings. The molecule has 0 spiro atoms. The molecule has 26 heavy (non-hydrogen) atoms. The fraction of sp³-hybridized carbons (Fsp3) is 0.471. The maximum atomic E-state index is 13.9. The molecule has 7 nitrogen and oxygen atoms in total. The third-order valence-corrected chi connectivity index (χ3v) is 5.44. The first-order valence-corrected chi connectivity index (χ1v) is 10.1. The van der Waals surface area contributed by atoms with Gasteiger partial charge in [-0.15, -0.1) is 0 Å². The molecule has 2 heterocycles. The van der Waals surface area contributed by atoms with Crippen LogP contribution in [0, 0.1) is 5.82 Å². The highest BCUT2D eigenvalue weighted by Gasteiger charge is 2.19. The van der Waals surface area contributed by atoms with E-state index in [9.17, 15) is 12.8 Å². The van der Waals surface area contributed by atoms with Crippen LogP contribution in [-0.4, -0.2) is 37.5 Å². The topological polar surface area (TPSA) is 82.5 Å². The molecule has 1 aromatic carbocycles. The molecule has 142 valence electrons. The number of aromatic nitrogens is 2. The maximum Gasteiger partial charge on any atom is 0.262 e. The largest absolute Gasteiger partial charge is 0.491 e. The number of nitrogens with one attached hydrogen (secondary N) is 1. The summed E-state index contributed by atoms with van der Waals surface area (Å²) in [4.78, 5) is -0.179. The monoisotopic (exact) mass is 383 g/mol. The molecule has 1 aliphatic rings. The Morgan fingerprint density at radius 3 is 2.96 bits per heavy atom. The molecule has 9 heteroatoms. The molecular formula is C17H22FN3O4S. The van der Waals surface area contributed by atoms with Gasteiger partial charge in [0.1, 0.15) is 0 Å². The van der Waals surface area contributed by atoms with Crippen LogP contribution < -0.4 is 9.46 Å². The normalized spacial score (nSPS) is 17.8. The maximum absolute atomic E-state index is 13.9. The van der Waals surface area contributed by atoms with Crippen molar-refractivity contribution in [2.24, 2.45) is 0 Å². The van der Waals surface area contributed by atoms with E-state index in [-0.39, 0.29) is 16.7 Å². The number of anilines is 1. The van der Waals surface area contributed by atoms with Crippen LogP contribution in [0.25, 0.3) is 0 Å². The highest BCUT2D eigenvalue weighted by Crippen LogP contribution is 2.23. The number of hydrogen-bond acceptors (Lipinski definition) is 5. The van der Waals surface area contributed by atoms with Crippen LogP contribution in [0.4, 0.5) is 10.1 Å². The molecule has 0 saturated carbocycles. The van der Waals surface area contributed by atoms with Crippen molar-refractivity contribution in [1.29, 1.82) is 0 Å². The molecule has 1 N–H and O–H groups in total. The highest BCUT2D eigenvalue weighted by atomic mass is 32.2. The molecule has 1 saturated heterocycles. The number of halogens is 1. The fourth-order valence-electron chi connectivity index (χ4n) is 2.81. The summed E-state index contributed by atoms with van der Waals surface area (Å²) in [7, 11) is -3.92. The number of nitrogens with zero attached hydrogens (tertiary/aromatic N) is 2. The van der Waals surface area contributed by atoms with E-state index in [0.29, 0.717) is 18.8 Å². The summed E-state index contributed by atoms with van der Waals surface area (Å²) in [5.74, 6) is -0.702. The molecule has 0 amide bonds. The Hall–Kier alpha value is -2.13. The minimum atomic E-state index is -3.92. The van der Waals surface area contributed by atoms with Gasteiger partial charge in [-0.2, -0.15) is 5.10 Å². The Bertz CT molecular complexity index is 847. The van der Waals surface area contributed by atoms with Crippen LogP contribution in [0.2, 0.25) is 0 Å². The summed E-state index contributed by atoms with van der Waals surface area (Å²) < 4.78 is 53.6. The number of hydrogen-bond donors (Lipinski definition) is 1. The van der Waals surface area contributed by atoms with E-state index in [4.69, 9.17) is 9.47 Å². The molecule has 1 aliphatic heterocycles. The Kier molecular flexibility index (Phi) is 5.77. The lowest BCUT2D eigenvalue weighted by Crippen LogP contribution is -2.24. The number of ether oxygens (including phenoxy) is 2. The van der Waals surface area contributed by atoms with Gasteiger partial charge in [-0.25, -0.2) is 12.8 Å². The van der Waals surface area contributed by atoms with Crippen molar-refractivity contribution in [3.63, 3.8) is 0 Å². The van der Waals surface area contributed by atoms with Crippen molar-refractivity contribution in [2.75, 3.05) is 17.9 Å². The van der Waals surface area contributed by atoms with Crippen LogP contribution in [0.5, 0.6) is 5.75 Å². The lowest BCUT2D eigenvalue weighted by Gasteiger charge is -2.22. The highest BCUT2D eigenvalue weighted by molar-refractivity contribution is 7.92.